The highest BCUT2D eigenvalue weighted by molar-refractivity contribution is 5.79. The van der Waals surface area contributed by atoms with Gasteiger partial charge >= 0.3 is 0 Å². The Balaban J connectivity index is 1.87. The lowest BCUT2D eigenvalue weighted by molar-refractivity contribution is 0.340. The van der Waals surface area contributed by atoms with E-state index in [1.165, 1.54) is 0 Å². The zero-order valence-corrected chi connectivity index (χ0v) is 13.4. The highest BCUT2D eigenvalue weighted by Gasteiger charge is 2.14. The number of hydrogen-bond acceptors (Lipinski definition) is 3. The third-order valence-electron chi connectivity index (χ3n) is 3.88. The number of hydrogen-bond donors (Lipinski definition) is 0. The van der Waals surface area contributed by atoms with Crippen molar-refractivity contribution in [1.82, 2.24) is 14.4 Å². The molecule has 0 aliphatic carbocycles. The summed E-state index contributed by atoms with van der Waals surface area (Å²) in [5.74, 6) is 1.77. The molecule has 0 aliphatic heterocycles. The van der Waals surface area contributed by atoms with Crippen LogP contribution in [0.2, 0.25) is 0 Å². The molecule has 3 aromatic heterocycles. The van der Waals surface area contributed by atoms with E-state index in [1.54, 1.807) is 6.20 Å². The minimum absolute atomic E-state index is 0.662. The molecule has 0 aliphatic rings. The minimum Gasteiger partial charge on any atom is -0.494 e. The summed E-state index contributed by atoms with van der Waals surface area (Å²) in [6.07, 6.45) is 3.82. The Hall–Kier alpha value is -3.14. The lowest BCUT2D eigenvalue weighted by Gasteiger charge is -2.04. The quantitative estimate of drug-likeness (QED) is 0.558. The minimum atomic E-state index is 0.662. The van der Waals surface area contributed by atoms with Crippen LogP contribution in [-0.2, 0) is 0 Å². The van der Waals surface area contributed by atoms with Gasteiger partial charge in [-0.15, -0.1) is 0 Å². The molecule has 0 saturated heterocycles. The molecule has 4 aromatic rings. The normalized spacial score (nSPS) is 10.9. The van der Waals surface area contributed by atoms with Crippen LogP contribution in [0.3, 0.4) is 0 Å². The average Bonchev–Trinajstić information content (AvgIpc) is 3.03. The van der Waals surface area contributed by atoms with E-state index < -0.39 is 0 Å². The van der Waals surface area contributed by atoms with E-state index in [0.717, 1.165) is 34.0 Å². The fraction of sp³-hybridized carbons (Fsp3) is 0.100. The molecule has 0 saturated carbocycles. The second-order valence-corrected chi connectivity index (χ2v) is 5.41. The van der Waals surface area contributed by atoms with E-state index in [2.05, 4.69) is 15.5 Å². The third kappa shape index (κ3) is 2.52. The highest BCUT2D eigenvalue weighted by Crippen LogP contribution is 2.29. The van der Waals surface area contributed by atoms with Crippen molar-refractivity contribution in [1.29, 1.82) is 0 Å². The van der Waals surface area contributed by atoms with Gasteiger partial charge in [0, 0.05) is 18.0 Å². The Morgan fingerprint density at radius 1 is 0.958 bits per heavy atom. The Labute approximate surface area is 140 Å². The van der Waals surface area contributed by atoms with Crippen molar-refractivity contribution in [2.24, 2.45) is 0 Å². The molecule has 0 atom stereocenters. The first-order valence-corrected chi connectivity index (χ1v) is 7.98. The molecule has 0 bridgehead atoms. The largest absolute Gasteiger partial charge is 0.494 e. The molecular weight excluding hydrogens is 298 g/mol. The van der Waals surface area contributed by atoms with Crippen LogP contribution >= 0.6 is 0 Å². The van der Waals surface area contributed by atoms with E-state index in [0.29, 0.717) is 6.61 Å². The molecule has 3 heterocycles. The number of imidazole rings is 1. The van der Waals surface area contributed by atoms with Crippen molar-refractivity contribution in [3.63, 3.8) is 0 Å². The van der Waals surface area contributed by atoms with Crippen LogP contribution in [0.15, 0.2) is 73.1 Å². The Bertz CT molecular complexity index is 959. The van der Waals surface area contributed by atoms with Crippen LogP contribution in [-0.4, -0.2) is 21.0 Å². The van der Waals surface area contributed by atoms with Gasteiger partial charge in [0.1, 0.15) is 17.3 Å². The summed E-state index contributed by atoms with van der Waals surface area (Å²) in [6.45, 7) is 2.64. The van der Waals surface area contributed by atoms with Gasteiger partial charge in [-0.2, -0.15) is 0 Å². The Morgan fingerprint density at radius 2 is 1.79 bits per heavy atom. The topological polar surface area (TPSA) is 39.4 Å². The molecule has 1 aromatic carbocycles. The molecule has 0 spiro atoms. The lowest BCUT2D eigenvalue weighted by Crippen LogP contribution is -1.92. The van der Waals surface area contributed by atoms with Gasteiger partial charge in [0.15, 0.2) is 0 Å². The van der Waals surface area contributed by atoms with Crippen molar-refractivity contribution in [2.75, 3.05) is 6.61 Å². The van der Waals surface area contributed by atoms with Crippen LogP contribution in [0, 0.1) is 0 Å². The van der Waals surface area contributed by atoms with Crippen LogP contribution in [0.25, 0.3) is 28.3 Å². The summed E-state index contributed by atoms with van der Waals surface area (Å²) in [5, 5.41) is 0. The number of rotatable bonds is 4. The average molecular weight is 315 g/mol. The van der Waals surface area contributed by atoms with E-state index in [4.69, 9.17) is 9.72 Å². The molecule has 0 fully saturated rings. The first-order valence-electron chi connectivity index (χ1n) is 7.98. The molecule has 118 valence electrons. The maximum absolute atomic E-state index is 5.52. The molecule has 0 amide bonds. The number of nitrogens with zero attached hydrogens (tertiary/aromatic N) is 3. The van der Waals surface area contributed by atoms with Crippen molar-refractivity contribution < 1.29 is 4.74 Å². The zero-order valence-electron chi connectivity index (χ0n) is 13.4. The second-order valence-electron chi connectivity index (χ2n) is 5.41. The summed E-state index contributed by atoms with van der Waals surface area (Å²) in [6, 6.07) is 20.0. The van der Waals surface area contributed by atoms with Gasteiger partial charge in [0.05, 0.1) is 17.8 Å². The molecular formula is C20H17N3O. The van der Waals surface area contributed by atoms with Gasteiger partial charge in [0.2, 0.25) is 0 Å². The highest BCUT2D eigenvalue weighted by atomic mass is 16.5. The van der Waals surface area contributed by atoms with E-state index >= 15 is 0 Å². The SMILES string of the molecule is CCOc1ccc(-c2nc(-c3ccccn3)c3ccccn23)cc1. The zero-order chi connectivity index (χ0) is 16.4. The monoisotopic (exact) mass is 315 g/mol. The van der Waals surface area contributed by atoms with Gasteiger partial charge in [-0.3, -0.25) is 9.38 Å². The van der Waals surface area contributed by atoms with Crippen molar-refractivity contribution in [2.45, 2.75) is 6.92 Å². The summed E-state index contributed by atoms with van der Waals surface area (Å²) >= 11 is 0. The van der Waals surface area contributed by atoms with E-state index in [1.807, 2.05) is 67.7 Å². The van der Waals surface area contributed by atoms with Gasteiger partial charge in [0.25, 0.3) is 0 Å². The predicted molar refractivity (Wildman–Crippen MR) is 95.0 cm³/mol. The number of fused-ring (bicyclic) bond motifs is 1. The second kappa shape index (κ2) is 6.16. The first-order chi connectivity index (χ1) is 11.9. The standard InChI is InChI=1S/C20H17N3O/c1-2-24-16-11-9-15(10-12-16)20-22-19(17-7-3-5-13-21-17)18-8-4-6-14-23(18)20/h3-14H,2H2,1H3. The molecule has 4 heteroatoms. The van der Waals surface area contributed by atoms with Gasteiger partial charge in [-0.1, -0.05) is 12.1 Å². The maximum atomic E-state index is 5.52. The molecule has 0 radical (unpaired) electrons. The van der Waals surface area contributed by atoms with Crippen LogP contribution in [0.4, 0.5) is 0 Å². The number of ether oxygens (including phenoxy) is 1. The smallest absolute Gasteiger partial charge is 0.145 e. The molecule has 24 heavy (non-hydrogen) atoms. The number of benzene rings is 1. The van der Waals surface area contributed by atoms with Gasteiger partial charge < -0.3 is 4.74 Å². The first kappa shape index (κ1) is 14.5. The van der Waals surface area contributed by atoms with Crippen molar-refractivity contribution >= 4 is 5.52 Å². The van der Waals surface area contributed by atoms with E-state index in [-0.39, 0.29) is 0 Å². The summed E-state index contributed by atoms with van der Waals surface area (Å²) in [5.41, 5.74) is 3.85. The number of aromatic nitrogens is 3. The Kier molecular flexibility index (Phi) is 3.71. The summed E-state index contributed by atoms with van der Waals surface area (Å²) in [7, 11) is 0. The fourth-order valence-electron chi connectivity index (χ4n) is 2.80. The maximum Gasteiger partial charge on any atom is 0.145 e. The molecule has 0 unspecified atom stereocenters. The van der Waals surface area contributed by atoms with Crippen molar-refractivity contribution in [3.8, 4) is 28.5 Å². The molecule has 0 N–H and O–H groups in total. The summed E-state index contributed by atoms with van der Waals surface area (Å²) in [4.78, 5) is 9.31. The van der Waals surface area contributed by atoms with Crippen LogP contribution < -0.4 is 4.74 Å². The van der Waals surface area contributed by atoms with Crippen molar-refractivity contribution in [3.05, 3.63) is 73.1 Å². The molecule has 4 nitrogen and oxygen atoms in total. The Morgan fingerprint density at radius 3 is 2.54 bits per heavy atom. The fourth-order valence-corrected chi connectivity index (χ4v) is 2.80. The van der Waals surface area contributed by atoms with E-state index in [9.17, 15) is 0 Å². The predicted octanol–water partition coefficient (Wildman–Crippen LogP) is 4.46. The lowest BCUT2D eigenvalue weighted by atomic mass is 10.2. The summed E-state index contributed by atoms with van der Waals surface area (Å²) < 4.78 is 7.62. The third-order valence-corrected chi connectivity index (χ3v) is 3.88. The molecule has 4 rings (SSSR count). The van der Waals surface area contributed by atoms with Gasteiger partial charge in [-0.05, 0) is 55.5 Å². The van der Waals surface area contributed by atoms with Gasteiger partial charge in [-0.25, -0.2) is 4.98 Å². The van der Waals surface area contributed by atoms with Crippen LogP contribution in [0.5, 0.6) is 5.75 Å². The number of pyridine rings is 2. The van der Waals surface area contributed by atoms with Crippen LogP contribution in [0.1, 0.15) is 6.92 Å².